The second kappa shape index (κ2) is 8.19. The Hall–Kier alpha value is -2.53. The van der Waals surface area contributed by atoms with Gasteiger partial charge in [0.1, 0.15) is 0 Å². The molecule has 0 aliphatic heterocycles. The van der Waals surface area contributed by atoms with Crippen LogP contribution in [0.4, 0.5) is 0 Å². The molecule has 23 heavy (non-hydrogen) atoms. The van der Waals surface area contributed by atoms with Crippen LogP contribution in [0.2, 0.25) is 0 Å². The van der Waals surface area contributed by atoms with Crippen LogP contribution >= 0.6 is 0 Å². The van der Waals surface area contributed by atoms with Crippen molar-refractivity contribution in [2.75, 3.05) is 27.9 Å². The van der Waals surface area contributed by atoms with Crippen LogP contribution in [0.3, 0.4) is 0 Å². The lowest BCUT2D eigenvalue weighted by Crippen LogP contribution is -2.39. The minimum absolute atomic E-state index is 0.583. The van der Waals surface area contributed by atoms with Gasteiger partial charge in [0.05, 0.1) is 27.9 Å². The molecule has 2 N–H and O–H groups in total. The standard InChI is InChI=1S/C18H23N2O3/c1-21-16-10-8-14(17(22-2)18(16)23-3)7-9-15-6-4-5-12-20(15)13-11-19/h4-10,12H,11,13,19H2,1-3H3/q+1/b9-7+. The number of nitrogens with zero attached hydrogens (tertiary/aromatic N) is 1. The van der Waals surface area contributed by atoms with E-state index < -0.39 is 0 Å². The summed E-state index contributed by atoms with van der Waals surface area (Å²) < 4.78 is 18.3. The van der Waals surface area contributed by atoms with E-state index in [1.54, 1.807) is 21.3 Å². The van der Waals surface area contributed by atoms with Gasteiger partial charge in [-0.15, -0.1) is 0 Å². The molecule has 0 saturated carbocycles. The van der Waals surface area contributed by atoms with E-state index >= 15 is 0 Å². The number of rotatable bonds is 7. The van der Waals surface area contributed by atoms with Crippen molar-refractivity contribution in [2.24, 2.45) is 5.73 Å². The van der Waals surface area contributed by atoms with Gasteiger partial charge >= 0.3 is 0 Å². The maximum atomic E-state index is 5.66. The van der Waals surface area contributed by atoms with Crippen LogP contribution in [-0.4, -0.2) is 27.9 Å². The molecule has 1 heterocycles. The molecule has 0 atom stereocenters. The van der Waals surface area contributed by atoms with Gasteiger partial charge in [0, 0.05) is 23.8 Å². The summed E-state index contributed by atoms with van der Waals surface area (Å²) in [4.78, 5) is 0. The highest BCUT2D eigenvalue weighted by molar-refractivity contribution is 5.74. The van der Waals surface area contributed by atoms with Crippen molar-refractivity contribution in [1.82, 2.24) is 0 Å². The Bertz CT molecular complexity index is 684. The molecule has 2 aromatic rings. The summed E-state index contributed by atoms with van der Waals surface area (Å²) in [5.74, 6) is 1.86. The molecule has 1 aromatic heterocycles. The number of hydrogen-bond acceptors (Lipinski definition) is 4. The van der Waals surface area contributed by atoms with Crippen molar-refractivity contribution in [3.63, 3.8) is 0 Å². The highest BCUT2D eigenvalue weighted by atomic mass is 16.5. The number of benzene rings is 1. The van der Waals surface area contributed by atoms with Crippen LogP contribution < -0.4 is 24.5 Å². The monoisotopic (exact) mass is 315 g/mol. The van der Waals surface area contributed by atoms with Crippen molar-refractivity contribution in [3.05, 3.63) is 47.8 Å². The molecule has 0 unspecified atom stereocenters. The average Bonchev–Trinajstić information content (AvgIpc) is 2.60. The number of aromatic nitrogens is 1. The number of hydrogen-bond donors (Lipinski definition) is 1. The highest BCUT2D eigenvalue weighted by Crippen LogP contribution is 2.40. The lowest BCUT2D eigenvalue weighted by Gasteiger charge is -2.13. The highest BCUT2D eigenvalue weighted by Gasteiger charge is 2.14. The van der Waals surface area contributed by atoms with E-state index in [9.17, 15) is 0 Å². The summed E-state index contributed by atoms with van der Waals surface area (Å²) in [6.07, 6.45) is 6.03. The zero-order chi connectivity index (χ0) is 16.7. The van der Waals surface area contributed by atoms with Crippen LogP contribution in [-0.2, 0) is 6.54 Å². The van der Waals surface area contributed by atoms with E-state index in [1.165, 1.54) is 0 Å². The zero-order valence-corrected chi connectivity index (χ0v) is 13.8. The van der Waals surface area contributed by atoms with E-state index in [0.29, 0.717) is 23.8 Å². The summed E-state index contributed by atoms with van der Waals surface area (Å²) in [6, 6.07) is 9.83. The van der Waals surface area contributed by atoms with E-state index in [-0.39, 0.29) is 0 Å². The van der Waals surface area contributed by atoms with Crippen LogP contribution in [0.25, 0.3) is 12.2 Å². The SMILES string of the molecule is COc1ccc(/C=C/c2cccc[n+]2CCN)c(OC)c1OC. The molecule has 0 fully saturated rings. The minimum atomic E-state index is 0.583. The number of methoxy groups -OCH3 is 3. The van der Waals surface area contributed by atoms with Crippen LogP contribution in [0.5, 0.6) is 17.2 Å². The topological polar surface area (TPSA) is 57.6 Å². The van der Waals surface area contributed by atoms with Crippen molar-refractivity contribution in [2.45, 2.75) is 6.54 Å². The lowest BCUT2D eigenvalue weighted by atomic mass is 10.1. The first-order chi connectivity index (χ1) is 11.2. The Morgan fingerprint density at radius 2 is 1.74 bits per heavy atom. The molecule has 0 amide bonds. The molecule has 5 heteroatoms. The zero-order valence-electron chi connectivity index (χ0n) is 13.8. The third-order valence-corrected chi connectivity index (χ3v) is 3.51. The van der Waals surface area contributed by atoms with E-state index in [4.69, 9.17) is 19.9 Å². The van der Waals surface area contributed by atoms with Gasteiger partial charge in [-0.25, -0.2) is 0 Å². The van der Waals surface area contributed by atoms with Crippen molar-refractivity contribution >= 4 is 12.2 Å². The average molecular weight is 315 g/mol. The second-order valence-corrected chi connectivity index (χ2v) is 4.86. The molecular weight excluding hydrogens is 292 g/mol. The Kier molecular flexibility index (Phi) is 6.00. The largest absolute Gasteiger partial charge is 0.493 e. The maximum Gasteiger partial charge on any atom is 0.205 e. The first kappa shape index (κ1) is 16.8. The summed E-state index contributed by atoms with van der Waals surface area (Å²) in [6.45, 7) is 1.36. The van der Waals surface area contributed by atoms with Crippen LogP contribution in [0.15, 0.2) is 36.5 Å². The molecule has 0 radical (unpaired) electrons. The summed E-state index contributed by atoms with van der Waals surface area (Å²) in [7, 11) is 4.82. The molecule has 0 spiro atoms. The van der Waals surface area contributed by atoms with Crippen molar-refractivity contribution in [3.8, 4) is 17.2 Å². The summed E-state index contributed by atoms with van der Waals surface area (Å²) >= 11 is 0. The number of pyridine rings is 1. The molecule has 0 saturated heterocycles. The fourth-order valence-electron chi connectivity index (χ4n) is 2.41. The first-order valence-electron chi connectivity index (χ1n) is 7.40. The normalized spacial score (nSPS) is 10.8. The van der Waals surface area contributed by atoms with E-state index in [2.05, 4.69) is 4.57 Å². The van der Waals surface area contributed by atoms with Crippen molar-refractivity contribution in [1.29, 1.82) is 0 Å². The van der Waals surface area contributed by atoms with Gasteiger partial charge in [-0.05, 0) is 24.3 Å². The van der Waals surface area contributed by atoms with Gasteiger partial charge in [-0.1, -0.05) is 0 Å². The molecule has 0 bridgehead atoms. The predicted octanol–water partition coefficient (Wildman–Crippen LogP) is 2.13. The van der Waals surface area contributed by atoms with E-state index in [0.717, 1.165) is 17.8 Å². The molecule has 5 nitrogen and oxygen atoms in total. The molecular formula is C18H23N2O3+. The maximum absolute atomic E-state index is 5.66. The van der Waals surface area contributed by atoms with Gasteiger partial charge in [-0.2, -0.15) is 4.57 Å². The Morgan fingerprint density at radius 1 is 0.957 bits per heavy atom. The van der Waals surface area contributed by atoms with Gasteiger partial charge < -0.3 is 19.9 Å². The van der Waals surface area contributed by atoms with E-state index in [1.807, 2.05) is 48.7 Å². The van der Waals surface area contributed by atoms with Gasteiger partial charge in [0.15, 0.2) is 24.2 Å². The first-order valence-corrected chi connectivity index (χ1v) is 7.40. The third kappa shape index (κ3) is 3.81. The smallest absolute Gasteiger partial charge is 0.205 e. The fraction of sp³-hybridized carbons (Fsp3) is 0.278. The summed E-state index contributed by atoms with van der Waals surface area (Å²) in [5.41, 5.74) is 7.63. The van der Waals surface area contributed by atoms with Gasteiger partial charge in [0.2, 0.25) is 11.4 Å². The molecule has 1 aromatic carbocycles. The van der Waals surface area contributed by atoms with Gasteiger partial charge in [-0.3, -0.25) is 0 Å². The molecule has 2 rings (SSSR count). The lowest BCUT2D eigenvalue weighted by molar-refractivity contribution is -0.696. The van der Waals surface area contributed by atoms with Crippen LogP contribution in [0.1, 0.15) is 11.3 Å². The van der Waals surface area contributed by atoms with Gasteiger partial charge in [0.25, 0.3) is 0 Å². The van der Waals surface area contributed by atoms with Crippen LogP contribution in [0, 0.1) is 0 Å². The second-order valence-electron chi connectivity index (χ2n) is 4.86. The number of nitrogens with two attached hydrogens (primary N) is 1. The molecule has 122 valence electrons. The quantitative estimate of drug-likeness (QED) is 0.795. The minimum Gasteiger partial charge on any atom is -0.493 e. The third-order valence-electron chi connectivity index (χ3n) is 3.51. The Labute approximate surface area is 136 Å². The fourth-order valence-corrected chi connectivity index (χ4v) is 2.41. The summed E-state index contributed by atoms with van der Waals surface area (Å²) in [5, 5.41) is 0. The molecule has 0 aliphatic carbocycles. The molecule has 0 aliphatic rings. The Morgan fingerprint density at radius 3 is 2.39 bits per heavy atom. The predicted molar refractivity (Wildman–Crippen MR) is 90.7 cm³/mol. The number of ether oxygens (including phenoxy) is 3. The Balaban J connectivity index is 2.40. The van der Waals surface area contributed by atoms with Crippen molar-refractivity contribution < 1.29 is 18.8 Å².